The lowest BCUT2D eigenvalue weighted by Crippen LogP contribution is -2.41. The summed E-state index contributed by atoms with van der Waals surface area (Å²) in [4.78, 5) is 12.3. The largest absolute Gasteiger partial charge is 0.497 e. The maximum atomic E-state index is 12.3. The number of carbonyl (C=O) groups excluding carboxylic acids is 1. The number of hydrazone groups is 1. The van der Waals surface area contributed by atoms with Crippen molar-refractivity contribution >= 4 is 12.1 Å². The number of methoxy groups -OCH3 is 1. The van der Waals surface area contributed by atoms with E-state index in [0.29, 0.717) is 6.42 Å². The molecule has 1 saturated heterocycles. The van der Waals surface area contributed by atoms with Crippen LogP contribution < -0.4 is 21.0 Å². The van der Waals surface area contributed by atoms with Gasteiger partial charge in [-0.25, -0.2) is 16.3 Å². The van der Waals surface area contributed by atoms with Gasteiger partial charge in [0.05, 0.1) is 13.3 Å². The van der Waals surface area contributed by atoms with Gasteiger partial charge in [0.25, 0.3) is 5.91 Å². The van der Waals surface area contributed by atoms with Crippen LogP contribution in [0.3, 0.4) is 0 Å². The van der Waals surface area contributed by atoms with E-state index in [4.69, 9.17) is 4.74 Å². The van der Waals surface area contributed by atoms with Gasteiger partial charge in [-0.2, -0.15) is 5.10 Å². The summed E-state index contributed by atoms with van der Waals surface area (Å²) >= 11 is 0. The maximum Gasteiger partial charge on any atom is 0.258 e. The Kier molecular flexibility index (Phi) is 5.99. The minimum atomic E-state index is -0.320. The molecular weight excluding hydrogens is 328 g/mol. The first-order valence-corrected chi connectivity index (χ1v) is 8.76. The quantitative estimate of drug-likeness (QED) is 0.551. The predicted octanol–water partition coefficient (Wildman–Crippen LogP) is 2.32. The molecule has 136 valence electrons. The molecule has 1 fully saturated rings. The summed E-state index contributed by atoms with van der Waals surface area (Å²) in [6.45, 7) is 2.14. The van der Waals surface area contributed by atoms with Crippen molar-refractivity contribution in [1.29, 1.82) is 0 Å². The van der Waals surface area contributed by atoms with E-state index in [1.807, 2.05) is 24.3 Å². The molecular formula is C20H24N4O2. The van der Waals surface area contributed by atoms with E-state index < -0.39 is 0 Å². The van der Waals surface area contributed by atoms with Crippen molar-refractivity contribution in [2.75, 3.05) is 7.11 Å². The highest BCUT2D eigenvalue weighted by molar-refractivity contribution is 5.85. The van der Waals surface area contributed by atoms with E-state index in [-0.39, 0.29) is 18.0 Å². The smallest absolute Gasteiger partial charge is 0.258 e. The minimum absolute atomic E-state index is 0.113. The molecule has 3 rings (SSSR count). The second kappa shape index (κ2) is 8.60. The summed E-state index contributed by atoms with van der Waals surface area (Å²) in [5, 5.41) is 4.03. The second-order valence-corrected chi connectivity index (χ2v) is 6.23. The number of hydrazine groups is 1. The third-order valence-corrected chi connectivity index (χ3v) is 4.51. The Labute approximate surface area is 153 Å². The molecule has 0 spiro atoms. The van der Waals surface area contributed by atoms with Crippen LogP contribution in [0, 0.1) is 0 Å². The molecule has 1 amide bonds. The zero-order valence-corrected chi connectivity index (χ0v) is 15.0. The van der Waals surface area contributed by atoms with Gasteiger partial charge in [-0.05, 0) is 53.8 Å². The number of benzene rings is 2. The Bertz CT molecular complexity index is 756. The molecule has 26 heavy (non-hydrogen) atoms. The maximum absolute atomic E-state index is 12.3. The number of hydrogen-bond acceptors (Lipinski definition) is 5. The van der Waals surface area contributed by atoms with E-state index in [1.54, 1.807) is 13.3 Å². The van der Waals surface area contributed by atoms with Crippen molar-refractivity contribution in [3.63, 3.8) is 0 Å². The fraction of sp³-hybridized carbons (Fsp3) is 0.300. The van der Waals surface area contributed by atoms with Crippen LogP contribution in [0.2, 0.25) is 0 Å². The molecule has 0 saturated carbocycles. The van der Waals surface area contributed by atoms with Crippen molar-refractivity contribution in [2.45, 2.75) is 31.8 Å². The molecule has 1 heterocycles. The van der Waals surface area contributed by atoms with E-state index in [1.165, 1.54) is 11.1 Å². The molecule has 0 radical (unpaired) electrons. The normalized spacial score (nSPS) is 19.6. The van der Waals surface area contributed by atoms with Crippen molar-refractivity contribution in [3.05, 3.63) is 65.2 Å². The third kappa shape index (κ3) is 4.47. The summed E-state index contributed by atoms with van der Waals surface area (Å²) in [7, 11) is 1.62. The number of nitrogens with zero attached hydrogens (tertiary/aromatic N) is 1. The zero-order chi connectivity index (χ0) is 18.4. The topological polar surface area (TPSA) is 74.8 Å². The molecule has 6 heteroatoms. The molecule has 2 aromatic rings. The highest BCUT2D eigenvalue weighted by Gasteiger charge is 2.29. The lowest BCUT2D eigenvalue weighted by Gasteiger charge is -2.10. The highest BCUT2D eigenvalue weighted by Crippen LogP contribution is 2.22. The van der Waals surface area contributed by atoms with Gasteiger partial charge in [0.2, 0.25) is 0 Å². The lowest BCUT2D eigenvalue weighted by molar-refractivity contribution is -0.122. The van der Waals surface area contributed by atoms with Crippen LogP contribution >= 0.6 is 0 Å². The summed E-state index contributed by atoms with van der Waals surface area (Å²) in [5.74, 6) is 0.625. The number of amides is 1. The number of aryl methyl sites for hydroxylation is 1. The first-order chi connectivity index (χ1) is 12.7. The molecule has 2 atom stereocenters. The first-order valence-electron chi connectivity index (χ1n) is 8.76. The Morgan fingerprint density at radius 3 is 2.58 bits per heavy atom. The van der Waals surface area contributed by atoms with Gasteiger partial charge >= 0.3 is 0 Å². The average molecular weight is 352 g/mol. The number of ether oxygens (including phenoxy) is 1. The number of nitrogens with one attached hydrogen (secondary N) is 3. The standard InChI is InChI=1S/C20H24N4O2/c1-3-14-4-8-16(9-5-14)18-12-19(23-22-18)20(25)24-21-13-15-6-10-17(26-2)11-7-15/h4-11,13,18-19,22-23H,3,12H2,1-2H3,(H,24,25)/b21-13+. The van der Waals surface area contributed by atoms with Gasteiger partial charge in [-0.3, -0.25) is 4.79 Å². The molecule has 3 N–H and O–H groups in total. The monoisotopic (exact) mass is 352 g/mol. The van der Waals surface area contributed by atoms with E-state index >= 15 is 0 Å². The highest BCUT2D eigenvalue weighted by atomic mass is 16.5. The van der Waals surface area contributed by atoms with Crippen LogP contribution in [0.1, 0.15) is 36.1 Å². The average Bonchev–Trinajstić information content (AvgIpc) is 3.19. The fourth-order valence-electron chi connectivity index (χ4n) is 2.87. The molecule has 0 aliphatic carbocycles. The Hall–Kier alpha value is -2.70. The molecule has 2 aromatic carbocycles. The van der Waals surface area contributed by atoms with Crippen molar-refractivity contribution in [1.82, 2.24) is 16.3 Å². The summed E-state index contributed by atoms with van der Waals surface area (Å²) in [6, 6.07) is 15.7. The van der Waals surface area contributed by atoms with Crippen LogP contribution in [0.4, 0.5) is 0 Å². The molecule has 1 aliphatic heterocycles. The predicted molar refractivity (Wildman–Crippen MR) is 102 cm³/mol. The third-order valence-electron chi connectivity index (χ3n) is 4.51. The van der Waals surface area contributed by atoms with Crippen molar-refractivity contribution in [2.24, 2.45) is 5.10 Å². The van der Waals surface area contributed by atoms with Gasteiger partial charge in [0.1, 0.15) is 11.8 Å². The van der Waals surface area contributed by atoms with Crippen molar-refractivity contribution in [3.8, 4) is 5.75 Å². The molecule has 0 aromatic heterocycles. The van der Waals surface area contributed by atoms with Gasteiger partial charge in [-0.1, -0.05) is 31.2 Å². The van der Waals surface area contributed by atoms with Crippen LogP contribution in [-0.2, 0) is 11.2 Å². The molecule has 1 aliphatic rings. The first kappa shape index (κ1) is 18.1. The number of rotatable bonds is 6. The summed E-state index contributed by atoms with van der Waals surface area (Å²) in [6.07, 6.45) is 3.31. The van der Waals surface area contributed by atoms with E-state index in [9.17, 15) is 4.79 Å². The Morgan fingerprint density at radius 2 is 1.92 bits per heavy atom. The fourth-order valence-corrected chi connectivity index (χ4v) is 2.87. The number of carbonyl (C=O) groups is 1. The van der Waals surface area contributed by atoms with Gasteiger partial charge in [-0.15, -0.1) is 0 Å². The van der Waals surface area contributed by atoms with Gasteiger partial charge in [0.15, 0.2) is 0 Å². The van der Waals surface area contributed by atoms with Crippen LogP contribution in [0.15, 0.2) is 53.6 Å². The van der Waals surface area contributed by atoms with Gasteiger partial charge < -0.3 is 4.74 Å². The zero-order valence-electron chi connectivity index (χ0n) is 15.0. The Morgan fingerprint density at radius 1 is 1.19 bits per heavy atom. The van der Waals surface area contributed by atoms with E-state index in [2.05, 4.69) is 52.6 Å². The van der Waals surface area contributed by atoms with Gasteiger partial charge in [0, 0.05) is 6.04 Å². The summed E-state index contributed by atoms with van der Waals surface area (Å²) < 4.78 is 5.11. The van der Waals surface area contributed by atoms with Crippen molar-refractivity contribution < 1.29 is 9.53 Å². The lowest BCUT2D eigenvalue weighted by atomic mass is 10.00. The number of hydrogen-bond donors (Lipinski definition) is 3. The molecule has 6 nitrogen and oxygen atoms in total. The summed E-state index contributed by atoms with van der Waals surface area (Å²) in [5.41, 5.74) is 12.2. The minimum Gasteiger partial charge on any atom is -0.497 e. The molecule has 0 bridgehead atoms. The van der Waals surface area contributed by atoms with Crippen LogP contribution in [-0.4, -0.2) is 25.3 Å². The van der Waals surface area contributed by atoms with Crippen LogP contribution in [0.25, 0.3) is 0 Å². The Balaban J connectivity index is 1.51. The molecule has 2 unspecified atom stereocenters. The second-order valence-electron chi connectivity index (χ2n) is 6.23. The van der Waals surface area contributed by atoms with Crippen LogP contribution in [0.5, 0.6) is 5.75 Å². The SMILES string of the molecule is CCc1ccc(C2CC(C(=O)N/N=C/c3ccc(OC)cc3)NN2)cc1. The van der Waals surface area contributed by atoms with E-state index in [0.717, 1.165) is 17.7 Å².